The van der Waals surface area contributed by atoms with Crippen LogP contribution in [0.2, 0.25) is 5.02 Å². The number of morpholine rings is 1. The molecule has 0 aliphatic carbocycles. The minimum absolute atomic E-state index is 0.0845. The van der Waals surface area contributed by atoms with Gasteiger partial charge in [0.1, 0.15) is 6.10 Å². The zero-order chi connectivity index (χ0) is 15.4. The Balaban J connectivity index is 2.09. The highest BCUT2D eigenvalue weighted by Gasteiger charge is 2.31. The third-order valence-electron chi connectivity index (χ3n) is 3.93. The summed E-state index contributed by atoms with van der Waals surface area (Å²) in [7, 11) is 0. The van der Waals surface area contributed by atoms with Gasteiger partial charge in [0.05, 0.1) is 19.2 Å². The molecule has 0 spiro atoms. The van der Waals surface area contributed by atoms with E-state index in [9.17, 15) is 4.79 Å². The number of ether oxygens (including phenoxy) is 1. The number of nitrogens with zero attached hydrogens (tertiary/aromatic N) is 1. The Morgan fingerprint density at radius 1 is 1.52 bits per heavy atom. The lowest BCUT2D eigenvalue weighted by Crippen LogP contribution is -2.48. The van der Waals surface area contributed by atoms with E-state index in [4.69, 9.17) is 22.1 Å². The number of carbonyl (C=O) groups is 1. The summed E-state index contributed by atoms with van der Waals surface area (Å²) in [5.41, 5.74) is 6.55. The number of rotatable bonds is 4. The predicted octanol–water partition coefficient (Wildman–Crippen LogP) is 2.61. The molecule has 2 rings (SSSR count). The molecule has 0 unspecified atom stereocenters. The quantitative estimate of drug-likeness (QED) is 0.930. The SMILES string of the molecule is C[C@H](CN)CC(=O)N1C[C@H](c2ccccc2Cl)OC[C@@H]1C. The van der Waals surface area contributed by atoms with Crippen LogP contribution in [-0.4, -0.2) is 36.5 Å². The smallest absolute Gasteiger partial charge is 0.223 e. The van der Waals surface area contributed by atoms with Gasteiger partial charge in [-0.3, -0.25) is 4.79 Å². The molecule has 1 amide bonds. The Labute approximate surface area is 131 Å². The van der Waals surface area contributed by atoms with E-state index in [1.54, 1.807) is 0 Å². The summed E-state index contributed by atoms with van der Waals surface area (Å²) in [6, 6.07) is 7.71. The lowest BCUT2D eigenvalue weighted by atomic mass is 10.0. The fourth-order valence-electron chi connectivity index (χ4n) is 2.53. The molecule has 1 saturated heterocycles. The van der Waals surface area contributed by atoms with Gasteiger partial charge in [-0.15, -0.1) is 0 Å². The van der Waals surface area contributed by atoms with Crippen LogP contribution in [-0.2, 0) is 9.53 Å². The fourth-order valence-corrected chi connectivity index (χ4v) is 2.78. The Morgan fingerprint density at radius 2 is 2.24 bits per heavy atom. The maximum absolute atomic E-state index is 12.4. The summed E-state index contributed by atoms with van der Waals surface area (Å²) in [6.45, 7) is 5.60. The van der Waals surface area contributed by atoms with Crippen LogP contribution in [0, 0.1) is 5.92 Å². The number of hydrogen-bond donors (Lipinski definition) is 1. The maximum Gasteiger partial charge on any atom is 0.223 e. The zero-order valence-corrected chi connectivity index (χ0v) is 13.3. The number of nitrogens with two attached hydrogens (primary N) is 1. The average molecular weight is 311 g/mol. The lowest BCUT2D eigenvalue weighted by molar-refractivity contribution is -0.145. The van der Waals surface area contributed by atoms with Crippen LogP contribution in [0.3, 0.4) is 0 Å². The molecule has 0 radical (unpaired) electrons. The summed E-state index contributed by atoms with van der Waals surface area (Å²) in [5, 5.41) is 0.680. The second-order valence-electron chi connectivity index (χ2n) is 5.78. The van der Waals surface area contributed by atoms with Gasteiger partial charge in [0.15, 0.2) is 0 Å². The van der Waals surface area contributed by atoms with E-state index in [1.807, 2.05) is 43.0 Å². The van der Waals surface area contributed by atoms with Crippen molar-refractivity contribution in [2.24, 2.45) is 11.7 Å². The van der Waals surface area contributed by atoms with E-state index in [1.165, 1.54) is 0 Å². The lowest BCUT2D eigenvalue weighted by Gasteiger charge is -2.39. The van der Waals surface area contributed by atoms with Crippen LogP contribution in [0.5, 0.6) is 0 Å². The molecule has 2 N–H and O–H groups in total. The predicted molar refractivity (Wildman–Crippen MR) is 84.2 cm³/mol. The van der Waals surface area contributed by atoms with Gasteiger partial charge in [0, 0.05) is 17.0 Å². The second-order valence-corrected chi connectivity index (χ2v) is 6.19. The van der Waals surface area contributed by atoms with Gasteiger partial charge in [0.2, 0.25) is 5.91 Å². The summed E-state index contributed by atoms with van der Waals surface area (Å²) >= 11 is 6.23. The molecule has 3 atom stereocenters. The van der Waals surface area contributed by atoms with E-state index < -0.39 is 0 Å². The maximum atomic E-state index is 12.4. The van der Waals surface area contributed by atoms with E-state index in [0.717, 1.165) is 5.56 Å². The zero-order valence-electron chi connectivity index (χ0n) is 12.6. The van der Waals surface area contributed by atoms with E-state index in [-0.39, 0.29) is 24.0 Å². The highest BCUT2D eigenvalue weighted by Crippen LogP contribution is 2.30. The van der Waals surface area contributed by atoms with Crippen LogP contribution in [0.15, 0.2) is 24.3 Å². The van der Waals surface area contributed by atoms with Crippen molar-refractivity contribution in [3.05, 3.63) is 34.9 Å². The number of benzene rings is 1. The molecule has 21 heavy (non-hydrogen) atoms. The van der Waals surface area contributed by atoms with Crippen molar-refractivity contribution in [2.45, 2.75) is 32.4 Å². The monoisotopic (exact) mass is 310 g/mol. The molecule has 1 aliphatic rings. The molecule has 116 valence electrons. The van der Waals surface area contributed by atoms with Crippen LogP contribution in [0.4, 0.5) is 0 Å². The molecule has 4 nitrogen and oxygen atoms in total. The topological polar surface area (TPSA) is 55.6 Å². The number of hydrogen-bond acceptors (Lipinski definition) is 3. The summed E-state index contributed by atoms with van der Waals surface area (Å²) in [5.74, 6) is 0.340. The minimum Gasteiger partial charge on any atom is -0.369 e. The van der Waals surface area contributed by atoms with Gasteiger partial charge in [-0.25, -0.2) is 0 Å². The molecular weight excluding hydrogens is 288 g/mol. The summed E-state index contributed by atoms with van der Waals surface area (Å²) in [6.07, 6.45) is 0.322. The molecule has 5 heteroatoms. The normalized spacial score (nSPS) is 23.9. The first-order chi connectivity index (χ1) is 10.0. The van der Waals surface area contributed by atoms with Gasteiger partial charge in [0.25, 0.3) is 0 Å². The van der Waals surface area contributed by atoms with Crippen LogP contribution in [0.1, 0.15) is 31.9 Å². The van der Waals surface area contributed by atoms with Crippen molar-refractivity contribution in [3.63, 3.8) is 0 Å². The molecule has 0 aromatic heterocycles. The number of halogens is 1. The number of carbonyl (C=O) groups excluding carboxylic acids is 1. The molecule has 1 aromatic carbocycles. The largest absolute Gasteiger partial charge is 0.369 e. The Morgan fingerprint density at radius 3 is 2.90 bits per heavy atom. The molecular formula is C16H23ClN2O2. The first-order valence-electron chi connectivity index (χ1n) is 7.38. The van der Waals surface area contributed by atoms with E-state index in [2.05, 4.69) is 0 Å². The van der Waals surface area contributed by atoms with Gasteiger partial charge < -0.3 is 15.4 Å². The third-order valence-corrected chi connectivity index (χ3v) is 4.28. The van der Waals surface area contributed by atoms with Crippen molar-refractivity contribution in [2.75, 3.05) is 19.7 Å². The summed E-state index contributed by atoms with van der Waals surface area (Å²) < 4.78 is 5.87. The molecule has 1 aliphatic heterocycles. The van der Waals surface area contributed by atoms with Gasteiger partial charge in [-0.05, 0) is 25.5 Å². The van der Waals surface area contributed by atoms with Crippen molar-refractivity contribution in [1.82, 2.24) is 4.90 Å². The van der Waals surface area contributed by atoms with Crippen molar-refractivity contribution < 1.29 is 9.53 Å². The Bertz CT molecular complexity index is 495. The highest BCUT2D eigenvalue weighted by atomic mass is 35.5. The van der Waals surface area contributed by atoms with Crippen LogP contribution < -0.4 is 5.73 Å². The average Bonchev–Trinajstić information content (AvgIpc) is 2.48. The second kappa shape index (κ2) is 7.25. The Hall–Kier alpha value is -1.10. The third kappa shape index (κ3) is 3.96. The van der Waals surface area contributed by atoms with Gasteiger partial charge >= 0.3 is 0 Å². The van der Waals surface area contributed by atoms with Crippen molar-refractivity contribution >= 4 is 17.5 Å². The van der Waals surface area contributed by atoms with Gasteiger partial charge in [-0.1, -0.05) is 36.7 Å². The first kappa shape index (κ1) is 16.3. The van der Waals surface area contributed by atoms with Crippen LogP contribution >= 0.6 is 11.6 Å². The molecule has 0 bridgehead atoms. The fraction of sp³-hybridized carbons (Fsp3) is 0.562. The van der Waals surface area contributed by atoms with Crippen molar-refractivity contribution in [3.8, 4) is 0 Å². The van der Waals surface area contributed by atoms with Crippen LogP contribution in [0.25, 0.3) is 0 Å². The first-order valence-corrected chi connectivity index (χ1v) is 7.76. The molecule has 0 saturated carbocycles. The van der Waals surface area contributed by atoms with Gasteiger partial charge in [-0.2, -0.15) is 0 Å². The van der Waals surface area contributed by atoms with Crippen molar-refractivity contribution in [1.29, 1.82) is 0 Å². The highest BCUT2D eigenvalue weighted by molar-refractivity contribution is 6.31. The molecule has 1 aromatic rings. The van der Waals surface area contributed by atoms with E-state index >= 15 is 0 Å². The van der Waals surface area contributed by atoms with E-state index in [0.29, 0.717) is 31.1 Å². The summed E-state index contributed by atoms with van der Waals surface area (Å²) in [4.78, 5) is 14.3. The number of amides is 1. The minimum atomic E-state index is -0.160. The molecule has 1 heterocycles. The standard InChI is InChI=1S/C16H23ClN2O2/c1-11(8-18)7-16(20)19-9-15(21-10-12(19)2)13-5-3-4-6-14(13)17/h3-6,11-12,15H,7-10,18H2,1-2H3/t11-,12-,15+/m0/s1. The Kier molecular flexibility index (Phi) is 5.62. The molecule has 1 fully saturated rings.